The maximum Gasteiger partial charge on any atom is 0.317 e. The molecule has 0 radical (unpaired) electrons. The monoisotopic (exact) mass is 300 g/mol. The highest BCUT2D eigenvalue weighted by atomic mass is 32.2. The second-order valence-electron chi connectivity index (χ2n) is 5.86. The standard InChI is InChI=1S/C15H28N2O2S/c1-13-5-2-3-6-14(13)19-10-7-16-15(18)17-8-4-11-20-12-9-17/h13-14H,2-12H2,1H3,(H,16,18)/t13-,14-/m1/s1. The Kier molecular flexibility index (Phi) is 7.00. The van der Waals surface area contributed by atoms with Gasteiger partial charge in [-0.15, -0.1) is 0 Å². The Bertz CT molecular complexity index is 294. The summed E-state index contributed by atoms with van der Waals surface area (Å²) < 4.78 is 5.92. The van der Waals surface area contributed by atoms with Crippen molar-refractivity contribution < 1.29 is 9.53 Å². The Morgan fingerprint density at radius 1 is 1.25 bits per heavy atom. The van der Waals surface area contributed by atoms with Crippen LogP contribution in [0.15, 0.2) is 0 Å². The zero-order valence-corrected chi connectivity index (χ0v) is 13.4. The van der Waals surface area contributed by atoms with Crippen LogP contribution < -0.4 is 5.32 Å². The number of amides is 2. The van der Waals surface area contributed by atoms with Crippen LogP contribution in [0.3, 0.4) is 0 Å². The SMILES string of the molecule is C[C@@H]1CCCC[C@H]1OCCNC(=O)N1CCCSCC1. The summed E-state index contributed by atoms with van der Waals surface area (Å²) in [5, 5.41) is 2.99. The molecule has 2 amide bonds. The molecule has 1 aliphatic heterocycles. The molecule has 0 aromatic heterocycles. The van der Waals surface area contributed by atoms with E-state index in [-0.39, 0.29) is 6.03 Å². The molecule has 1 N–H and O–H groups in total. The topological polar surface area (TPSA) is 41.6 Å². The molecule has 20 heavy (non-hydrogen) atoms. The first-order valence-electron chi connectivity index (χ1n) is 7.99. The maximum absolute atomic E-state index is 12.0. The normalized spacial score (nSPS) is 27.9. The van der Waals surface area contributed by atoms with Gasteiger partial charge in [-0.2, -0.15) is 11.8 Å². The van der Waals surface area contributed by atoms with Gasteiger partial charge in [0.25, 0.3) is 0 Å². The van der Waals surface area contributed by atoms with Crippen LogP contribution in [0.4, 0.5) is 4.79 Å². The number of nitrogens with zero attached hydrogens (tertiary/aromatic N) is 1. The van der Waals surface area contributed by atoms with E-state index in [1.807, 2.05) is 16.7 Å². The first-order valence-corrected chi connectivity index (χ1v) is 9.15. The minimum Gasteiger partial charge on any atom is -0.376 e. The van der Waals surface area contributed by atoms with Crippen molar-refractivity contribution in [3.63, 3.8) is 0 Å². The molecule has 2 atom stereocenters. The van der Waals surface area contributed by atoms with Crippen molar-refractivity contribution >= 4 is 17.8 Å². The van der Waals surface area contributed by atoms with Crippen molar-refractivity contribution in [2.45, 2.75) is 45.1 Å². The first kappa shape index (κ1) is 16.0. The van der Waals surface area contributed by atoms with E-state index in [2.05, 4.69) is 12.2 Å². The van der Waals surface area contributed by atoms with Crippen molar-refractivity contribution in [2.75, 3.05) is 37.7 Å². The molecule has 1 heterocycles. The average Bonchev–Trinajstić information content (AvgIpc) is 2.74. The van der Waals surface area contributed by atoms with E-state index in [0.717, 1.165) is 25.3 Å². The number of rotatable bonds is 4. The fourth-order valence-electron chi connectivity index (χ4n) is 2.96. The molecule has 1 aliphatic carbocycles. The van der Waals surface area contributed by atoms with Crippen LogP contribution >= 0.6 is 11.8 Å². The molecule has 2 aliphatic rings. The Balaban J connectivity index is 1.58. The summed E-state index contributed by atoms with van der Waals surface area (Å²) in [4.78, 5) is 14.0. The van der Waals surface area contributed by atoms with Gasteiger partial charge in [0.2, 0.25) is 0 Å². The quantitative estimate of drug-likeness (QED) is 0.812. The molecule has 2 rings (SSSR count). The summed E-state index contributed by atoms with van der Waals surface area (Å²) in [7, 11) is 0. The van der Waals surface area contributed by atoms with Crippen LogP contribution in [-0.4, -0.2) is 54.8 Å². The molecule has 4 nitrogen and oxygen atoms in total. The highest BCUT2D eigenvalue weighted by molar-refractivity contribution is 7.99. The van der Waals surface area contributed by atoms with Gasteiger partial charge < -0.3 is 15.0 Å². The van der Waals surface area contributed by atoms with Crippen LogP contribution in [0.5, 0.6) is 0 Å². The van der Waals surface area contributed by atoms with E-state index in [9.17, 15) is 4.79 Å². The summed E-state index contributed by atoms with van der Waals surface area (Å²) in [6.45, 7) is 5.31. The largest absolute Gasteiger partial charge is 0.376 e. The van der Waals surface area contributed by atoms with Crippen molar-refractivity contribution in [3.05, 3.63) is 0 Å². The maximum atomic E-state index is 12.0. The predicted octanol–water partition coefficient (Wildman–Crippen LogP) is 2.73. The summed E-state index contributed by atoms with van der Waals surface area (Å²) in [5.74, 6) is 2.90. The molecule has 0 unspecified atom stereocenters. The first-order chi connectivity index (χ1) is 9.77. The third kappa shape index (κ3) is 5.17. The van der Waals surface area contributed by atoms with Gasteiger partial charge in [-0.05, 0) is 30.9 Å². The van der Waals surface area contributed by atoms with Gasteiger partial charge in [0.15, 0.2) is 0 Å². The third-order valence-corrected chi connectivity index (χ3v) is 5.30. The van der Waals surface area contributed by atoms with Gasteiger partial charge in [0.1, 0.15) is 0 Å². The molecule has 0 aromatic carbocycles. The van der Waals surface area contributed by atoms with Gasteiger partial charge in [0.05, 0.1) is 12.7 Å². The second-order valence-corrected chi connectivity index (χ2v) is 7.08. The van der Waals surface area contributed by atoms with Crippen molar-refractivity contribution in [1.29, 1.82) is 0 Å². The van der Waals surface area contributed by atoms with Crippen molar-refractivity contribution in [3.8, 4) is 0 Å². The molecular weight excluding hydrogens is 272 g/mol. The van der Waals surface area contributed by atoms with E-state index in [1.165, 1.54) is 31.4 Å². The fraction of sp³-hybridized carbons (Fsp3) is 0.933. The number of hydrogen-bond donors (Lipinski definition) is 1. The summed E-state index contributed by atoms with van der Waals surface area (Å²) >= 11 is 1.94. The van der Waals surface area contributed by atoms with E-state index in [4.69, 9.17) is 4.74 Å². The van der Waals surface area contributed by atoms with E-state index >= 15 is 0 Å². The molecule has 2 fully saturated rings. The molecular formula is C15H28N2O2S. The Hall–Kier alpha value is -0.420. The zero-order chi connectivity index (χ0) is 14.2. The molecule has 0 bridgehead atoms. The van der Waals surface area contributed by atoms with E-state index < -0.39 is 0 Å². The minimum absolute atomic E-state index is 0.0767. The summed E-state index contributed by atoms with van der Waals surface area (Å²) in [6.07, 6.45) is 6.59. The molecule has 116 valence electrons. The van der Waals surface area contributed by atoms with Gasteiger partial charge in [-0.1, -0.05) is 19.8 Å². The lowest BCUT2D eigenvalue weighted by Crippen LogP contribution is -2.42. The van der Waals surface area contributed by atoms with Crippen molar-refractivity contribution in [1.82, 2.24) is 10.2 Å². The molecule has 0 spiro atoms. The average molecular weight is 300 g/mol. The van der Waals surface area contributed by atoms with Gasteiger partial charge in [-0.3, -0.25) is 0 Å². The number of urea groups is 1. The lowest BCUT2D eigenvalue weighted by molar-refractivity contribution is -0.00269. The minimum atomic E-state index is 0.0767. The van der Waals surface area contributed by atoms with E-state index in [0.29, 0.717) is 25.2 Å². The third-order valence-electron chi connectivity index (χ3n) is 4.25. The number of hydrogen-bond acceptors (Lipinski definition) is 3. The van der Waals surface area contributed by atoms with Crippen molar-refractivity contribution in [2.24, 2.45) is 5.92 Å². The van der Waals surface area contributed by atoms with Gasteiger partial charge >= 0.3 is 6.03 Å². The summed E-state index contributed by atoms with van der Waals surface area (Å²) in [6, 6.07) is 0.0767. The molecule has 1 saturated carbocycles. The number of carbonyl (C=O) groups excluding carboxylic acids is 1. The van der Waals surface area contributed by atoms with Crippen LogP contribution in [0.2, 0.25) is 0 Å². The molecule has 5 heteroatoms. The van der Waals surface area contributed by atoms with E-state index in [1.54, 1.807) is 0 Å². The lowest BCUT2D eigenvalue weighted by atomic mass is 9.88. The van der Waals surface area contributed by atoms with Crippen LogP contribution in [-0.2, 0) is 4.74 Å². The Morgan fingerprint density at radius 3 is 2.95 bits per heavy atom. The Labute approximate surface area is 127 Å². The number of thioether (sulfide) groups is 1. The number of carbonyl (C=O) groups is 1. The zero-order valence-electron chi connectivity index (χ0n) is 12.6. The number of nitrogens with one attached hydrogen (secondary N) is 1. The highest BCUT2D eigenvalue weighted by Crippen LogP contribution is 2.25. The molecule has 0 aromatic rings. The van der Waals surface area contributed by atoms with Gasteiger partial charge in [0, 0.05) is 25.4 Å². The highest BCUT2D eigenvalue weighted by Gasteiger charge is 2.21. The van der Waals surface area contributed by atoms with Crippen LogP contribution in [0.1, 0.15) is 39.0 Å². The predicted molar refractivity (Wildman–Crippen MR) is 84.3 cm³/mol. The smallest absolute Gasteiger partial charge is 0.317 e. The molecule has 1 saturated heterocycles. The fourth-order valence-corrected chi connectivity index (χ4v) is 3.85. The van der Waals surface area contributed by atoms with Crippen LogP contribution in [0.25, 0.3) is 0 Å². The number of ether oxygens (including phenoxy) is 1. The summed E-state index contributed by atoms with van der Waals surface area (Å²) in [5.41, 5.74) is 0. The second kappa shape index (κ2) is 8.78. The Morgan fingerprint density at radius 2 is 2.10 bits per heavy atom. The lowest BCUT2D eigenvalue weighted by Gasteiger charge is -2.29. The van der Waals surface area contributed by atoms with Gasteiger partial charge in [-0.25, -0.2) is 4.79 Å². The van der Waals surface area contributed by atoms with Crippen LogP contribution in [0, 0.1) is 5.92 Å².